The maximum absolute atomic E-state index is 13.0. The standard InChI is InChI=1S/C24H26F3N7O3/c1-14-3-4-17(30-22(36)20-9-16(12-28-33-20)24(25,26)27)10-18(14)19-11-21(34-5-7-37-8-6-34)32-23(31-19)29-15(2)13-35/h3-4,9-12,15,35H,5-8,13H2,1-2H3,(H,30,36)(H,29,31,32)/t15-/m1/s1. The van der Waals surface area contributed by atoms with Crippen LogP contribution in [0.5, 0.6) is 0 Å². The van der Waals surface area contributed by atoms with Crippen molar-refractivity contribution in [3.63, 3.8) is 0 Å². The van der Waals surface area contributed by atoms with Gasteiger partial charge < -0.3 is 25.4 Å². The zero-order chi connectivity index (χ0) is 26.6. The first-order valence-electron chi connectivity index (χ1n) is 11.6. The highest BCUT2D eigenvalue weighted by Gasteiger charge is 2.32. The molecule has 0 aliphatic carbocycles. The molecule has 0 bridgehead atoms. The summed E-state index contributed by atoms with van der Waals surface area (Å²) < 4.78 is 44.4. The lowest BCUT2D eigenvalue weighted by Crippen LogP contribution is -2.37. The number of aromatic nitrogens is 4. The molecule has 1 fully saturated rings. The number of morpholine rings is 1. The topological polar surface area (TPSA) is 125 Å². The van der Waals surface area contributed by atoms with Crippen LogP contribution in [0.25, 0.3) is 11.3 Å². The van der Waals surface area contributed by atoms with E-state index in [0.717, 1.165) is 5.56 Å². The van der Waals surface area contributed by atoms with Gasteiger partial charge in [0.25, 0.3) is 5.91 Å². The normalized spacial score (nSPS) is 14.8. The van der Waals surface area contributed by atoms with Crippen LogP contribution in [0.2, 0.25) is 0 Å². The highest BCUT2D eigenvalue weighted by molar-refractivity contribution is 6.03. The van der Waals surface area contributed by atoms with Crippen molar-refractivity contribution in [2.75, 3.05) is 48.4 Å². The number of alkyl halides is 3. The Morgan fingerprint density at radius 1 is 1.19 bits per heavy atom. The second kappa shape index (κ2) is 11.0. The fourth-order valence-corrected chi connectivity index (χ4v) is 3.66. The molecule has 0 saturated carbocycles. The average Bonchev–Trinajstić information content (AvgIpc) is 2.89. The number of aliphatic hydroxyl groups is 1. The van der Waals surface area contributed by atoms with Crippen LogP contribution in [0.4, 0.5) is 30.6 Å². The summed E-state index contributed by atoms with van der Waals surface area (Å²) in [5, 5.41) is 22.0. The maximum atomic E-state index is 13.0. The van der Waals surface area contributed by atoms with E-state index in [0.29, 0.717) is 67.3 Å². The van der Waals surface area contributed by atoms with E-state index in [4.69, 9.17) is 4.74 Å². The van der Waals surface area contributed by atoms with Crippen molar-refractivity contribution in [3.8, 4) is 11.3 Å². The number of hydrogen-bond donors (Lipinski definition) is 3. The number of nitrogens with one attached hydrogen (secondary N) is 2. The van der Waals surface area contributed by atoms with Gasteiger partial charge in [-0.15, -0.1) is 5.10 Å². The number of nitrogens with zero attached hydrogens (tertiary/aromatic N) is 5. The molecule has 3 heterocycles. The lowest BCUT2D eigenvalue weighted by Gasteiger charge is -2.28. The quantitative estimate of drug-likeness (QED) is 0.433. The minimum atomic E-state index is -4.65. The van der Waals surface area contributed by atoms with Crippen LogP contribution < -0.4 is 15.5 Å². The number of aliphatic hydroxyl groups excluding tert-OH is 1. The number of carbonyl (C=O) groups is 1. The van der Waals surface area contributed by atoms with Crippen molar-refractivity contribution in [3.05, 3.63) is 53.3 Å². The van der Waals surface area contributed by atoms with Crippen molar-refractivity contribution < 1.29 is 27.8 Å². The molecule has 3 N–H and O–H groups in total. The van der Waals surface area contributed by atoms with Crippen LogP contribution in [-0.2, 0) is 10.9 Å². The van der Waals surface area contributed by atoms with Crippen LogP contribution in [0.15, 0.2) is 36.5 Å². The van der Waals surface area contributed by atoms with Crippen LogP contribution >= 0.6 is 0 Å². The third-order valence-electron chi connectivity index (χ3n) is 5.68. The van der Waals surface area contributed by atoms with Gasteiger partial charge >= 0.3 is 6.18 Å². The number of anilines is 3. The molecule has 10 nitrogen and oxygen atoms in total. The second-order valence-corrected chi connectivity index (χ2v) is 8.57. The summed E-state index contributed by atoms with van der Waals surface area (Å²) in [4.78, 5) is 23.9. The number of hydrogen-bond acceptors (Lipinski definition) is 9. The van der Waals surface area contributed by atoms with Crippen molar-refractivity contribution in [1.82, 2.24) is 20.2 Å². The van der Waals surface area contributed by atoms with Crippen LogP contribution in [0.1, 0.15) is 28.5 Å². The smallest absolute Gasteiger partial charge is 0.394 e. The number of amides is 1. The van der Waals surface area contributed by atoms with E-state index in [2.05, 4.69) is 35.7 Å². The van der Waals surface area contributed by atoms with E-state index < -0.39 is 23.3 Å². The molecule has 1 atom stereocenters. The van der Waals surface area contributed by atoms with Gasteiger partial charge in [-0.2, -0.15) is 23.3 Å². The Balaban J connectivity index is 1.66. The molecule has 37 heavy (non-hydrogen) atoms. The Labute approximate surface area is 210 Å². The molecule has 1 aliphatic heterocycles. The van der Waals surface area contributed by atoms with E-state index in [1.807, 2.05) is 13.0 Å². The molecule has 1 aliphatic rings. The van der Waals surface area contributed by atoms with E-state index in [-0.39, 0.29) is 12.6 Å². The SMILES string of the molecule is Cc1ccc(NC(=O)c2cc(C(F)(F)F)cnn2)cc1-c1cc(N2CCOCC2)nc(N[C@H](C)CO)n1. The minimum absolute atomic E-state index is 0.112. The fraction of sp³-hybridized carbons (Fsp3) is 0.375. The molecule has 1 saturated heterocycles. The maximum Gasteiger partial charge on any atom is 0.418 e. The number of rotatable bonds is 7. The van der Waals surface area contributed by atoms with Gasteiger partial charge in [-0.3, -0.25) is 4.79 Å². The van der Waals surface area contributed by atoms with Crippen molar-refractivity contribution >= 4 is 23.4 Å². The highest BCUT2D eigenvalue weighted by atomic mass is 19.4. The highest BCUT2D eigenvalue weighted by Crippen LogP contribution is 2.30. The van der Waals surface area contributed by atoms with Gasteiger partial charge in [0, 0.05) is 36.4 Å². The molecule has 0 unspecified atom stereocenters. The van der Waals surface area contributed by atoms with Gasteiger partial charge in [0.05, 0.1) is 37.3 Å². The van der Waals surface area contributed by atoms with Crippen molar-refractivity contribution in [1.29, 1.82) is 0 Å². The third kappa shape index (κ3) is 6.49. The Morgan fingerprint density at radius 2 is 1.95 bits per heavy atom. The predicted molar refractivity (Wildman–Crippen MR) is 130 cm³/mol. The summed E-state index contributed by atoms with van der Waals surface area (Å²) in [7, 11) is 0. The molecule has 0 radical (unpaired) electrons. The minimum Gasteiger partial charge on any atom is -0.394 e. The van der Waals surface area contributed by atoms with Gasteiger partial charge in [0.1, 0.15) is 5.82 Å². The zero-order valence-corrected chi connectivity index (χ0v) is 20.2. The molecule has 4 rings (SSSR count). The average molecular weight is 518 g/mol. The Morgan fingerprint density at radius 3 is 2.65 bits per heavy atom. The summed E-state index contributed by atoms with van der Waals surface area (Å²) in [6.45, 7) is 5.99. The summed E-state index contributed by atoms with van der Waals surface area (Å²) in [5.41, 5.74) is 0.921. The summed E-state index contributed by atoms with van der Waals surface area (Å²) in [5.74, 6) is 0.173. The van der Waals surface area contributed by atoms with Crippen LogP contribution in [0, 0.1) is 6.92 Å². The molecule has 1 aromatic carbocycles. The molecule has 2 aromatic heterocycles. The van der Waals surface area contributed by atoms with E-state index in [9.17, 15) is 23.1 Å². The van der Waals surface area contributed by atoms with Gasteiger partial charge in [0.2, 0.25) is 5.95 Å². The summed E-state index contributed by atoms with van der Waals surface area (Å²) in [6.07, 6.45) is -4.09. The molecule has 196 valence electrons. The van der Waals surface area contributed by atoms with E-state index >= 15 is 0 Å². The monoisotopic (exact) mass is 517 g/mol. The number of benzene rings is 1. The lowest BCUT2D eigenvalue weighted by molar-refractivity contribution is -0.137. The first-order chi connectivity index (χ1) is 17.6. The largest absolute Gasteiger partial charge is 0.418 e. The fourth-order valence-electron chi connectivity index (χ4n) is 3.66. The van der Waals surface area contributed by atoms with Gasteiger partial charge in [-0.25, -0.2) is 4.98 Å². The Kier molecular flexibility index (Phi) is 7.83. The van der Waals surface area contributed by atoms with E-state index in [1.54, 1.807) is 25.1 Å². The van der Waals surface area contributed by atoms with Gasteiger partial charge in [-0.05, 0) is 37.6 Å². The molecule has 3 aromatic rings. The first-order valence-corrected chi connectivity index (χ1v) is 11.6. The lowest BCUT2D eigenvalue weighted by atomic mass is 10.0. The Bertz CT molecular complexity index is 1270. The van der Waals surface area contributed by atoms with Crippen LogP contribution in [-0.4, -0.2) is 70.1 Å². The number of halogens is 3. The van der Waals surface area contributed by atoms with Gasteiger partial charge in [0.15, 0.2) is 5.69 Å². The molecule has 1 amide bonds. The molecule has 13 heteroatoms. The van der Waals surface area contributed by atoms with E-state index in [1.165, 1.54) is 0 Å². The predicted octanol–water partition coefficient (Wildman–Crippen LogP) is 3.14. The zero-order valence-electron chi connectivity index (χ0n) is 20.2. The van der Waals surface area contributed by atoms with Gasteiger partial charge in [-0.1, -0.05) is 6.07 Å². The third-order valence-corrected chi connectivity index (χ3v) is 5.68. The number of aryl methyl sites for hydroxylation is 1. The number of carbonyl (C=O) groups excluding carboxylic acids is 1. The molecular formula is C24H26F3N7O3. The second-order valence-electron chi connectivity index (χ2n) is 8.57. The molecule has 0 spiro atoms. The molecular weight excluding hydrogens is 491 g/mol. The summed E-state index contributed by atoms with van der Waals surface area (Å²) >= 11 is 0. The number of ether oxygens (including phenoxy) is 1. The van der Waals surface area contributed by atoms with Crippen molar-refractivity contribution in [2.45, 2.75) is 26.1 Å². The summed E-state index contributed by atoms with van der Waals surface area (Å²) in [6, 6.07) is 7.27. The Hall–Kier alpha value is -3.84. The van der Waals surface area contributed by atoms with Crippen LogP contribution in [0.3, 0.4) is 0 Å². The van der Waals surface area contributed by atoms with Crippen molar-refractivity contribution in [2.24, 2.45) is 0 Å². The first kappa shape index (κ1) is 26.2.